The van der Waals surface area contributed by atoms with Gasteiger partial charge in [0.1, 0.15) is 0 Å². The molecule has 7 aromatic rings. The smallest absolute Gasteiger partial charge is 0.335 e. The van der Waals surface area contributed by atoms with E-state index in [1.54, 1.807) is 48.6 Å². The molecule has 2 aliphatic heterocycles. The molecule has 0 radical (unpaired) electrons. The van der Waals surface area contributed by atoms with Crippen molar-refractivity contribution in [3.8, 4) is 44.5 Å². The molecule has 0 unspecified atom stereocenters. The van der Waals surface area contributed by atoms with Crippen LogP contribution in [0.25, 0.3) is 90.9 Å². The van der Waals surface area contributed by atoms with E-state index in [9.17, 15) is 59.4 Å². The first kappa shape index (κ1) is 41.6. The quantitative estimate of drug-likeness (QED) is 0.0635. The van der Waals surface area contributed by atoms with Crippen molar-refractivity contribution in [3.63, 3.8) is 0 Å². The van der Waals surface area contributed by atoms with Crippen LogP contribution >= 0.6 is 0 Å². The molecular weight excluding hydrogens is 849 g/mol. The van der Waals surface area contributed by atoms with Crippen molar-refractivity contribution in [2.24, 2.45) is 0 Å². The Morgan fingerprint density at radius 3 is 0.803 bits per heavy atom. The van der Waals surface area contributed by atoms with E-state index in [1.807, 2.05) is 30.3 Å². The monoisotopic (exact) mass is 878 g/mol. The Hall–Kier alpha value is -9.70. The zero-order valence-corrected chi connectivity index (χ0v) is 33.7. The Kier molecular flexibility index (Phi) is 10.2. The van der Waals surface area contributed by atoms with Gasteiger partial charge in [-0.15, -0.1) is 0 Å². The number of H-pyrrole nitrogens is 2. The number of fused-ring (bicyclic) bond motifs is 8. The highest BCUT2D eigenvalue weighted by Crippen LogP contribution is 2.39. The molecule has 0 amide bonds. The summed E-state index contributed by atoms with van der Waals surface area (Å²) in [6.45, 7) is 0. The molecule has 0 aliphatic carbocycles. The minimum Gasteiger partial charge on any atom is -0.478 e. The van der Waals surface area contributed by atoms with Gasteiger partial charge in [0.05, 0.1) is 56.2 Å². The number of hydrogen-bond donors (Lipinski definition) is 8. The van der Waals surface area contributed by atoms with Gasteiger partial charge in [-0.05, 0) is 125 Å². The Bertz CT molecular complexity index is 3390. The lowest BCUT2D eigenvalue weighted by molar-refractivity contribution is 0.0676. The van der Waals surface area contributed by atoms with Crippen molar-refractivity contribution < 1.29 is 59.4 Å². The minimum absolute atomic E-state index is 0.0922. The van der Waals surface area contributed by atoms with Crippen molar-refractivity contribution in [2.75, 3.05) is 0 Å². The maximum absolute atomic E-state index is 12.4. The van der Waals surface area contributed by atoms with Gasteiger partial charge in [-0.25, -0.2) is 38.7 Å². The number of carboxylic acids is 6. The molecule has 2 aliphatic rings. The van der Waals surface area contributed by atoms with E-state index >= 15 is 0 Å². The van der Waals surface area contributed by atoms with Crippen LogP contribution in [0.3, 0.4) is 0 Å². The number of aromatic amines is 2. The second-order valence-corrected chi connectivity index (χ2v) is 15.1. The zero-order valence-electron chi connectivity index (χ0n) is 33.7. The van der Waals surface area contributed by atoms with Crippen LogP contribution in [-0.2, 0) is 0 Å². The molecule has 16 heteroatoms. The fourth-order valence-corrected chi connectivity index (χ4v) is 8.08. The molecule has 0 atom stereocenters. The number of rotatable bonds is 10. The molecule has 8 N–H and O–H groups in total. The van der Waals surface area contributed by atoms with Crippen LogP contribution in [-0.4, -0.2) is 86.4 Å². The standard InChI is InChI=1S/C50H30N4O12/c55-45(56)27-14-24(15-28(20-27)46(57)58)42-35-8-6-33(51-35)41(23-4-2-1-3-5-23)34-7-9-36(52-34)43(25-16-29(47(59)60)21-30(17-25)48(61)62)38-11-13-40(54-38)44(39-12-10-37(42)53-39)26-18-31(49(63)64)22-32(19-26)50(65)66/h1-22,51,54H,(H,55,56)(H,57,58)(H,59,60)(H,61,62)(H,63,64)(H,65,66). The maximum atomic E-state index is 12.4. The molecule has 0 spiro atoms. The Morgan fingerprint density at radius 2 is 0.561 bits per heavy atom. The van der Waals surface area contributed by atoms with Gasteiger partial charge in [0.15, 0.2) is 0 Å². The normalized spacial score (nSPS) is 11.6. The van der Waals surface area contributed by atoms with Crippen LogP contribution in [0.2, 0.25) is 0 Å². The van der Waals surface area contributed by atoms with Gasteiger partial charge < -0.3 is 40.6 Å². The second-order valence-electron chi connectivity index (χ2n) is 15.1. The second kappa shape index (κ2) is 16.2. The summed E-state index contributed by atoms with van der Waals surface area (Å²) in [7, 11) is 0. The summed E-state index contributed by atoms with van der Waals surface area (Å²) in [5, 5.41) is 60.6. The Balaban J connectivity index is 1.51. The molecule has 16 nitrogen and oxygen atoms in total. The summed E-state index contributed by atoms with van der Waals surface area (Å²) in [4.78, 5) is 91.2. The van der Waals surface area contributed by atoms with Gasteiger partial charge in [-0.1, -0.05) is 30.3 Å². The minimum atomic E-state index is -1.42. The lowest BCUT2D eigenvalue weighted by Gasteiger charge is -2.10. The number of nitrogens with one attached hydrogen (secondary N) is 2. The summed E-state index contributed by atoms with van der Waals surface area (Å²) in [6, 6.07) is 26.7. The number of aromatic carboxylic acids is 6. The van der Waals surface area contributed by atoms with E-state index in [4.69, 9.17) is 9.97 Å². The lowest BCUT2D eigenvalue weighted by atomic mass is 9.98. The number of nitrogens with zero attached hydrogens (tertiary/aromatic N) is 2. The van der Waals surface area contributed by atoms with Gasteiger partial charge >= 0.3 is 35.8 Å². The van der Waals surface area contributed by atoms with Gasteiger partial charge in [0.25, 0.3) is 0 Å². The van der Waals surface area contributed by atoms with E-state index in [1.165, 1.54) is 36.4 Å². The molecule has 0 saturated heterocycles. The third-order valence-electron chi connectivity index (χ3n) is 11.0. The number of benzene rings is 4. The molecule has 0 saturated carbocycles. The summed E-state index contributed by atoms with van der Waals surface area (Å²) in [6.07, 6.45) is 6.57. The van der Waals surface area contributed by atoms with E-state index < -0.39 is 35.8 Å². The van der Waals surface area contributed by atoms with Crippen LogP contribution in [0.1, 0.15) is 84.9 Å². The highest BCUT2D eigenvalue weighted by molar-refractivity contribution is 6.05. The zero-order chi connectivity index (χ0) is 46.6. The van der Waals surface area contributed by atoms with Gasteiger partial charge in [0, 0.05) is 44.3 Å². The molecule has 0 fully saturated rings. The largest absolute Gasteiger partial charge is 0.478 e. The number of hydrogen-bond acceptors (Lipinski definition) is 8. The van der Waals surface area contributed by atoms with E-state index in [0.29, 0.717) is 33.4 Å². The van der Waals surface area contributed by atoms with Crippen LogP contribution < -0.4 is 0 Å². The Morgan fingerprint density at radius 1 is 0.318 bits per heavy atom. The highest BCUT2D eigenvalue weighted by Gasteiger charge is 2.23. The van der Waals surface area contributed by atoms with Crippen molar-refractivity contribution in [1.29, 1.82) is 0 Å². The lowest BCUT2D eigenvalue weighted by Crippen LogP contribution is -2.03. The molecule has 322 valence electrons. The highest BCUT2D eigenvalue weighted by atomic mass is 16.4. The van der Waals surface area contributed by atoms with E-state index in [-0.39, 0.29) is 89.4 Å². The number of carboxylic acid groups (broad SMARTS) is 6. The molecular formula is C50H30N4O12. The molecule has 8 bridgehead atoms. The van der Waals surface area contributed by atoms with Gasteiger partial charge in [-0.3, -0.25) is 0 Å². The fourth-order valence-electron chi connectivity index (χ4n) is 8.08. The summed E-state index contributed by atoms with van der Waals surface area (Å²) in [5.74, 6) is -8.38. The molecule has 5 heterocycles. The third-order valence-corrected chi connectivity index (χ3v) is 11.0. The topological polar surface area (TPSA) is 281 Å². The SMILES string of the molecule is O=C(O)c1cc(C(=O)O)cc(-c2c3nc(c(-c4cc(C(=O)O)cc(C(=O)O)c4)c4ccc([nH]4)c(-c4cc(C(=O)O)cc(C(=O)O)c4)c4nc(c(-c5ccccc5)c5ccc2[nH]5)C=C4)C=C3)c1. The summed E-state index contributed by atoms with van der Waals surface area (Å²) < 4.78 is 0. The predicted molar refractivity (Wildman–Crippen MR) is 242 cm³/mol. The first-order valence-corrected chi connectivity index (χ1v) is 19.7. The van der Waals surface area contributed by atoms with Crippen LogP contribution in [0.15, 0.2) is 109 Å². The van der Waals surface area contributed by atoms with E-state index in [2.05, 4.69) is 9.97 Å². The first-order valence-electron chi connectivity index (χ1n) is 19.7. The molecule has 3 aromatic heterocycles. The summed E-state index contributed by atoms with van der Waals surface area (Å²) in [5.41, 5.74) is 2.92. The number of aromatic nitrogens is 4. The van der Waals surface area contributed by atoms with Gasteiger partial charge in [-0.2, -0.15) is 0 Å². The van der Waals surface area contributed by atoms with Crippen molar-refractivity contribution >= 4 is 82.2 Å². The average Bonchev–Trinajstić information content (AvgIpc) is 4.15. The molecule has 66 heavy (non-hydrogen) atoms. The summed E-state index contributed by atoms with van der Waals surface area (Å²) >= 11 is 0. The van der Waals surface area contributed by atoms with Crippen molar-refractivity contribution in [2.45, 2.75) is 0 Å². The van der Waals surface area contributed by atoms with Crippen LogP contribution in [0.4, 0.5) is 0 Å². The maximum Gasteiger partial charge on any atom is 0.335 e. The Labute approximate surface area is 370 Å². The van der Waals surface area contributed by atoms with Crippen LogP contribution in [0, 0.1) is 0 Å². The fraction of sp³-hybridized carbons (Fsp3) is 0. The average molecular weight is 879 g/mol. The van der Waals surface area contributed by atoms with Crippen LogP contribution in [0.5, 0.6) is 0 Å². The van der Waals surface area contributed by atoms with E-state index in [0.717, 1.165) is 18.2 Å². The predicted octanol–water partition coefficient (Wildman–Crippen LogP) is 9.51. The number of carbonyl (C=O) groups is 6. The molecule has 9 rings (SSSR count). The third kappa shape index (κ3) is 7.62. The first-order chi connectivity index (χ1) is 31.6. The van der Waals surface area contributed by atoms with Gasteiger partial charge in [0.2, 0.25) is 0 Å². The van der Waals surface area contributed by atoms with Crippen molar-refractivity contribution in [3.05, 3.63) is 165 Å². The molecule has 4 aromatic carbocycles. The van der Waals surface area contributed by atoms with Crippen molar-refractivity contribution in [1.82, 2.24) is 19.9 Å².